The molecule has 0 aliphatic rings. The highest BCUT2D eigenvalue weighted by atomic mass is 35.5. The van der Waals surface area contributed by atoms with Gasteiger partial charge in [0.25, 0.3) is 0 Å². The minimum atomic E-state index is -0.432. The molecule has 0 N–H and O–H groups in total. The number of methoxy groups -OCH3 is 1. The van der Waals surface area contributed by atoms with Crippen LogP contribution in [0.1, 0.15) is 13.3 Å². The van der Waals surface area contributed by atoms with Crippen LogP contribution < -0.4 is 4.74 Å². The van der Waals surface area contributed by atoms with E-state index in [0.717, 1.165) is 6.07 Å². The summed E-state index contributed by atoms with van der Waals surface area (Å²) in [7, 11) is 1.31. The maximum Gasteiger partial charge on any atom is 0.309 e. The first-order valence-electron chi connectivity index (χ1n) is 4.71. The number of esters is 1. The van der Waals surface area contributed by atoms with Gasteiger partial charge in [-0.15, -0.1) is 0 Å². The molecule has 0 saturated carbocycles. The molecule has 3 nitrogen and oxygen atoms in total. The first-order valence-corrected chi connectivity index (χ1v) is 5.09. The fourth-order valence-electron chi connectivity index (χ4n) is 1.15. The smallest absolute Gasteiger partial charge is 0.309 e. The second-order valence-corrected chi connectivity index (χ2v) is 3.69. The van der Waals surface area contributed by atoms with Gasteiger partial charge < -0.3 is 9.47 Å². The van der Waals surface area contributed by atoms with E-state index in [-0.39, 0.29) is 23.5 Å². The normalized spacial score (nSPS) is 12.0. The summed E-state index contributed by atoms with van der Waals surface area (Å²) < 4.78 is 22.6. The summed E-state index contributed by atoms with van der Waals surface area (Å²) in [6.45, 7) is 1.70. The molecule has 1 aromatic carbocycles. The van der Waals surface area contributed by atoms with Crippen LogP contribution in [0.3, 0.4) is 0 Å². The maximum absolute atomic E-state index is 12.7. The Labute approximate surface area is 98.1 Å². The van der Waals surface area contributed by atoms with Crippen LogP contribution in [0.25, 0.3) is 0 Å². The van der Waals surface area contributed by atoms with Gasteiger partial charge in [0.1, 0.15) is 17.7 Å². The highest BCUT2D eigenvalue weighted by Crippen LogP contribution is 2.26. The Hall–Kier alpha value is -1.29. The number of hydrogen-bond acceptors (Lipinski definition) is 3. The summed E-state index contributed by atoms with van der Waals surface area (Å²) in [5.41, 5.74) is 0. The number of halogens is 2. The van der Waals surface area contributed by atoms with Crippen molar-refractivity contribution in [1.29, 1.82) is 0 Å². The molecule has 1 unspecified atom stereocenters. The molecule has 1 atom stereocenters. The number of ether oxygens (including phenoxy) is 2. The Bertz CT molecular complexity index is 381. The third kappa shape index (κ3) is 3.70. The topological polar surface area (TPSA) is 35.5 Å². The highest BCUT2D eigenvalue weighted by Gasteiger charge is 2.12. The third-order valence-electron chi connectivity index (χ3n) is 1.90. The van der Waals surface area contributed by atoms with Crippen molar-refractivity contribution in [2.45, 2.75) is 19.4 Å². The zero-order valence-corrected chi connectivity index (χ0v) is 9.75. The molecule has 88 valence electrons. The van der Waals surface area contributed by atoms with E-state index in [1.165, 1.54) is 19.2 Å². The first-order chi connectivity index (χ1) is 7.52. The van der Waals surface area contributed by atoms with Gasteiger partial charge in [-0.1, -0.05) is 11.6 Å². The van der Waals surface area contributed by atoms with Crippen molar-refractivity contribution in [3.63, 3.8) is 0 Å². The van der Waals surface area contributed by atoms with Crippen molar-refractivity contribution in [2.75, 3.05) is 7.11 Å². The second kappa shape index (κ2) is 5.70. The van der Waals surface area contributed by atoms with E-state index in [0.29, 0.717) is 5.75 Å². The standard InChI is InChI=1S/C11H12ClFO3/c1-7(5-11(14)15-2)16-10-4-3-8(13)6-9(10)12/h3-4,6-7H,5H2,1-2H3. The molecule has 0 spiro atoms. The molecule has 0 aromatic heterocycles. The largest absolute Gasteiger partial charge is 0.489 e. The lowest BCUT2D eigenvalue weighted by atomic mass is 10.3. The first kappa shape index (κ1) is 12.8. The fourth-order valence-corrected chi connectivity index (χ4v) is 1.36. The van der Waals surface area contributed by atoms with E-state index in [1.807, 2.05) is 0 Å². The number of carbonyl (C=O) groups is 1. The number of rotatable bonds is 4. The molecule has 0 saturated heterocycles. The summed E-state index contributed by atoms with van der Waals surface area (Å²) >= 11 is 5.76. The van der Waals surface area contributed by atoms with E-state index in [1.54, 1.807) is 6.92 Å². The lowest BCUT2D eigenvalue weighted by molar-refractivity contribution is -0.142. The van der Waals surface area contributed by atoms with Crippen LogP contribution in [0.4, 0.5) is 4.39 Å². The van der Waals surface area contributed by atoms with Crippen LogP contribution in [0.15, 0.2) is 18.2 Å². The molecular weight excluding hydrogens is 235 g/mol. The second-order valence-electron chi connectivity index (χ2n) is 3.28. The van der Waals surface area contributed by atoms with Crippen molar-refractivity contribution in [2.24, 2.45) is 0 Å². The Balaban J connectivity index is 2.62. The quantitative estimate of drug-likeness (QED) is 0.767. The van der Waals surface area contributed by atoms with Crippen LogP contribution in [-0.4, -0.2) is 19.2 Å². The molecule has 0 aliphatic carbocycles. The molecular formula is C11H12ClFO3. The van der Waals surface area contributed by atoms with Gasteiger partial charge in [0.05, 0.1) is 18.6 Å². The van der Waals surface area contributed by atoms with E-state index >= 15 is 0 Å². The fraction of sp³-hybridized carbons (Fsp3) is 0.364. The van der Waals surface area contributed by atoms with Gasteiger partial charge in [0.2, 0.25) is 0 Å². The van der Waals surface area contributed by atoms with Crippen LogP contribution in [-0.2, 0) is 9.53 Å². The van der Waals surface area contributed by atoms with Gasteiger partial charge in [-0.3, -0.25) is 4.79 Å². The highest BCUT2D eigenvalue weighted by molar-refractivity contribution is 6.32. The van der Waals surface area contributed by atoms with Gasteiger partial charge in [-0.25, -0.2) is 4.39 Å². The summed E-state index contributed by atoms with van der Waals surface area (Å²) in [5.74, 6) is -0.455. The number of benzene rings is 1. The van der Waals surface area contributed by atoms with E-state index < -0.39 is 5.82 Å². The van der Waals surface area contributed by atoms with Gasteiger partial charge in [0.15, 0.2) is 0 Å². The SMILES string of the molecule is COC(=O)CC(C)Oc1ccc(F)cc1Cl. The Morgan fingerprint density at radius 3 is 2.81 bits per heavy atom. The predicted molar refractivity (Wildman–Crippen MR) is 58.1 cm³/mol. The van der Waals surface area contributed by atoms with Crippen LogP contribution in [0, 0.1) is 5.82 Å². The Morgan fingerprint density at radius 1 is 1.56 bits per heavy atom. The van der Waals surface area contributed by atoms with Crippen molar-refractivity contribution < 1.29 is 18.7 Å². The minimum Gasteiger partial charge on any atom is -0.489 e. The summed E-state index contributed by atoms with van der Waals surface area (Å²) in [6, 6.07) is 3.82. The third-order valence-corrected chi connectivity index (χ3v) is 2.20. The number of carbonyl (C=O) groups excluding carboxylic acids is 1. The van der Waals surface area contributed by atoms with Crippen LogP contribution in [0.2, 0.25) is 5.02 Å². The van der Waals surface area contributed by atoms with Gasteiger partial charge in [-0.2, -0.15) is 0 Å². The van der Waals surface area contributed by atoms with Gasteiger partial charge >= 0.3 is 5.97 Å². The Kier molecular flexibility index (Phi) is 4.55. The van der Waals surface area contributed by atoms with Crippen LogP contribution in [0.5, 0.6) is 5.75 Å². The molecule has 0 radical (unpaired) electrons. The van der Waals surface area contributed by atoms with Crippen molar-refractivity contribution in [1.82, 2.24) is 0 Å². The molecule has 0 fully saturated rings. The van der Waals surface area contributed by atoms with E-state index in [4.69, 9.17) is 16.3 Å². The zero-order chi connectivity index (χ0) is 12.1. The van der Waals surface area contributed by atoms with Crippen molar-refractivity contribution >= 4 is 17.6 Å². The molecule has 0 amide bonds. The molecule has 1 rings (SSSR count). The molecule has 16 heavy (non-hydrogen) atoms. The summed E-state index contributed by atoms with van der Waals surface area (Å²) in [4.78, 5) is 11.0. The Morgan fingerprint density at radius 2 is 2.25 bits per heavy atom. The van der Waals surface area contributed by atoms with Gasteiger partial charge in [-0.05, 0) is 25.1 Å². The summed E-state index contributed by atoms with van der Waals surface area (Å²) in [6.07, 6.45) is -0.264. The van der Waals surface area contributed by atoms with Gasteiger partial charge in [0, 0.05) is 0 Å². The van der Waals surface area contributed by atoms with E-state index in [2.05, 4.69) is 4.74 Å². The van der Waals surface area contributed by atoms with Crippen molar-refractivity contribution in [3.05, 3.63) is 29.0 Å². The number of hydrogen-bond donors (Lipinski definition) is 0. The summed E-state index contributed by atoms with van der Waals surface area (Å²) in [5, 5.41) is 0.178. The minimum absolute atomic E-state index is 0.115. The molecule has 0 aliphatic heterocycles. The predicted octanol–water partition coefficient (Wildman–Crippen LogP) is 2.81. The molecule has 5 heteroatoms. The molecule has 0 heterocycles. The van der Waals surface area contributed by atoms with Crippen molar-refractivity contribution in [3.8, 4) is 5.75 Å². The molecule has 0 bridgehead atoms. The molecule has 1 aromatic rings. The lowest BCUT2D eigenvalue weighted by Crippen LogP contribution is -2.18. The maximum atomic E-state index is 12.7. The van der Waals surface area contributed by atoms with Crippen LogP contribution >= 0.6 is 11.6 Å². The average molecular weight is 247 g/mol. The monoisotopic (exact) mass is 246 g/mol. The lowest BCUT2D eigenvalue weighted by Gasteiger charge is -2.14. The zero-order valence-electron chi connectivity index (χ0n) is 9.00. The average Bonchev–Trinajstić information content (AvgIpc) is 2.22. The van der Waals surface area contributed by atoms with E-state index in [9.17, 15) is 9.18 Å².